The highest BCUT2D eigenvalue weighted by molar-refractivity contribution is 7.91. The van der Waals surface area contributed by atoms with Crippen molar-refractivity contribution in [1.82, 2.24) is 9.80 Å². The van der Waals surface area contributed by atoms with Crippen LogP contribution in [-0.2, 0) is 25.9 Å². The van der Waals surface area contributed by atoms with E-state index in [9.17, 15) is 13.2 Å². The molecule has 0 radical (unpaired) electrons. The third-order valence-electron chi connectivity index (χ3n) is 4.81. The number of carbonyl (C=O) groups excluding carboxylic acids is 1. The van der Waals surface area contributed by atoms with E-state index in [4.69, 9.17) is 9.47 Å². The fourth-order valence-electron chi connectivity index (χ4n) is 3.54. The minimum atomic E-state index is -3.15. The lowest BCUT2D eigenvalue weighted by molar-refractivity contribution is 0.0180. The van der Waals surface area contributed by atoms with Gasteiger partial charge in [0.15, 0.2) is 9.84 Å². The van der Waals surface area contributed by atoms with Gasteiger partial charge >= 0.3 is 6.09 Å². The average Bonchev–Trinajstić information content (AvgIpc) is 2.93. The van der Waals surface area contributed by atoms with Crippen molar-refractivity contribution in [1.29, 1.82) is 0 Å². The molecule has 25 heavy (non-hydrogen) atoms. The summed E-state index contributed by atoms with van der Waals surface area (Å²) in [5.41, 5.74) is 0.908. The van der Waals surface area contributed by atoms with Gasteiger partial charge in [0.1, 0.15) is 6.61 Å². The number of benzene rings is 1. The highest BCUT2D eigenvalue weighted by Gasteiger charge is 2.48. The summed E-state index contributed by atoms with van der Waals surface area (Å²) in [5, 5.41) is 0. The fourth-order valence-corrected chi connectivity index (χ4v) is 5.55. The van der Waals surface area contributed by atoms with Crippen LogP contribution in [0.2, 0.25) is 0 Å². The van der Waals surface area contributed by atoms with Crippen LogP contribution in [0.1, 0.15) is 5.56 Å². The predicted molar refractivity (Wildman–Crippen MR) is 93.0 cm³/mol. The third kappa shape index (κ3) is 4.31. The maximum Gasteiger partial charge on any atom is 0.410 e. The summed E-state index contributed by atoms with van der Waals surface area (Å²) in [6.45, 7) is 2.49. The minimum absolute atomic E-state index is 0.00157. The Morgan fingerprint density at radius 3 is 2.60 bits per heavy atom. The second kappa shape index (κ2) is 7.72. The highest BCUT2D eigenvalue weighted by atomic mass is 32.2. The van der Waals surface area contributed by atoms with E-state index in [-0.39, 0.29) is 30.2 Å². The third-order valence-corrected chi connectivity index (χ3v) is 6.51. The average molecular weight is 368 g/mol. The van der Waals surface area contributed by atoms with Crippen molar-refractivity contribution < 1.29 is 22.7 Å². The summed E-state index contributed by atoms with van der Waals surface area (Å²) in [6.07, 6.45) is -0.442. The Balaban J connectivity index is 1.66. The van der Waals surface area contributed by atoms with Gasteiger partial charge in [0.05, 0.1) is 24.2 Å². The molecule has 0 aromatic heterocycles. The Hall–Kier alpha value is -1.64. The highest BCUT2D eigenvalue weighted by Crippen LogP contribution is 2.27. The number of hydrogen-bond acceptors (Lipinski definition) is 6. The monoisotopic (exact) mass is 368 g/mol. The first-order chi connectivity index (χ1) is 12.0. The Bertz CT molecular complexity index is 694. The first-order valence-corrected chi connectivity index (χ1v) is 10.2. The summed E-state index contributed by atoms with van der Waals surface area (Å²) in [4.78, 5) is 16.2. The van der Waals surface area contributed by atoms with E-state index in [2.05, 4.69) is 4.90 Å². The Labute approximate surface area is 148 Å². The summed E-state index contributed by atoms with van der Waals surface area (Å²) >= 11 is 0. The number of amides is 1. The van der Waals surface area contributed by atoms with E-state index in [0.29, 0.717) is 26.2 Å². The molecule has 2 atom stereocenters. The molecule has 0 bridgehead atoms. The van der Waals surface area contributed by atoms with Gasteiger partial charge in [0, 0.05) is 32.8 Å². The normalized spacial score (nSPS) is 25.6. The van der Waals surface area contributed by atoms with Gasteiger partial charge in [-0.15, -0.1) is 0 Å². The summed E-state index contributed by atoms with van der Waals surface area (Å²) in [7, 11) is -1.53. The van der Waals surface area contributed by atoms with Crippen molar-refractivity contribution in [2.24, 2.45) is 0 Å². The topological polar surface area (TPSA) is 76.2 Å². The molecular weight excluding hydrogens is 344 g/mol. The molecule has 0 unspecified atom stereocenters. The van der Waals surface area contributed by atoms with Crippen LogP contribution in [0.15, 0.2) is 30.3 Å². The van der Waals surface area contributed by atoms with Crippen molar-refractivity contribution in [2.75, 3.05) is 44.9 Å². The molecule has 1 aromatic carbocycles. The molecule has 138 valence electrons. The molecule has 3 rings (SSSR count). The van der Waals surface area contributed by atoms with Crippen LogP contribution in [0.25, 0.3) is 0 Å². The van der Waals surface area contributed by atoms with Crippen LogP contribution in [0, 0.1) is 0 Å². The molecule has 1 aromatic rings. The number of fused-ring (bicyclic) bond motifs is 1. The smallest absolute Gasteiger partial charge is 0.410 e. The maximum atomic E-state index is 12.5. The van der Waals surface area contributed by atoms with E-state index < -0.39 is 15.9 Å². The zero-order valence-corrected chi connectivity index (χ0v) is 15.2. The van der Waals surface area contributed by atoms with Crippen LogP contribution >= 0.6 is 0 Å². The standard InChI is InChI=1S/C17H24N2O5S/c1-23-10-9-18-7-8-19(16-13-25(21,22)12-15(16)18)17(20)24-11-14-5-3-2-4-6-14/h2-6,15-16H,7-13H2,1H3/t15-,16+/m1/s1. The van der Waals surface area contributed by atoms with Gasteiger partial charge in [-0.1, -0.05) is 30.3 Å². The second-order valence-corrected chi connectivity index (χ2v) is 8.63. The van der Waals surface area contributed by atoms with Crippen LogP contribution < -0.4 is 0 Å². The van der Waals surface area contributed by atoms with Gasteiger partial charge in [0.2, 0.25) is 0 Å². The lowest BCUT2D eigenvalue weighted by Crippen LogP contribution is -2.61. The van der Waals surface area contributed by atoms with Gasteiger partial charge in [-0.3, -0.25) is 4.90 Å². The molecule has 2 fully saturated rings. The van der Waals surface area contributed by atoms with Gasteiger partial charge < -0.3 is 14.4 Å². The first-order valence-electron chi connectivity index (χ1n) is 8.41. The van der Waals surface area contributed by atoms with Crippen molar-refractivity contribution in [3.63, 3.8) is 0 Å². The largest absolute Gasteiger partial charge is 0.445 e. The summed E-state index contributed by atoms with van der Waals surface area (Å²) in [6, 6.07) is 8.92. The summed E-state index contributed by atoms with van der Waals surface area (Å²) in [5.74, 6) is 0.0887. The van der Waals surface area contributed by atoms with E-state index in [1.165, 1.54) is 0 Å². The molecule has 2 saturated heterocycles. The zero-order valence-electron chi connectivity index (χ0n) is 14.3. The fraction of sp³-hybridized carbons (Fsp3) is 0.588. The molecule has 0 spiro atoms. The zero-order chi connectivity index (χ0) is 17.9. The molecule has 2 aliphatic heterocycles. The number of ether oxygens (including phenoxy) is 2. The van der Waals surface area contributed by atoms with E-state index in [1.807, 2.05) is 30.3 Å². The molecule has 1 amide bonds. The lowest BCUT2D eigenvalue weighted by Gasteiger charge is -2.43. The van der Waals surface area contributed by atoms with Crippen LogP contribution in [0.5, 0.6) is 0 Å². The van der Waals surface area contributed by atoms with E-state index >= 15 is 0 Å². The van der Waals surface area contributed by atoms with Crippen molar-refractivity contribution in [3.05, 3.63) is 35.9 Å². The Morgan fingerprint density at radius 2 is 1.88 bits per heavy atom. The Kier molecular flexibility index (Phi) is 5.61. The lowest BCUT2D eigenvalue weighted by atomic mass is 10.1. The SMILES string of the molecule is COCCN1CCN(C(=O)OCc2ccccc2)[C@H]2CS(=O)(=O)C[C@H]21. The van der Waals surface area contributed by atoms with Gasteiger partial charge in [-0.05, 0) is 5.56 Å². The molecule has 0 saturated carbocycles. The number of methoxy groups -OCH3 is 1. The van der Waals surface area contributed by atoms with Crippen LogP contribution in [-0.4, -0.2) is 81.3 Å². The van der Waals surface area contributed by atoms with Crippen molar-refractivity contribution in [3.8, 4) is 0 Å². The number of nitrogens with zero attached hydrogens (tertiary/aromatic N) is 2. The molecule has 8 heteroatoms. The summed E-state index contributed by atoms with van der Waals surface area (Å²) < 4.78 is 34.8. The molecule has 2 aliphatic rings. The predicted octanol–water partition coefficient (Wildman–Crippen LogP) is 0.753. The van der Waals surface area contributed by atoms with Crippen LogP contribution in [0.3, 0.4) is 0 Å². The maximum absolute atomic E-state index is 12.5. The minimum Gasteiger partial charge on any atom is -0.445 e. The first kappa shape index (κ1) is 18.2. The Morgan fingerprint density at radius 1 is 1.16 bits per heavy atom. The number of piperazine rings is 1. The number of carbonyl (C=O) groups is 1. The van der Waals surface area contributed by atoms with Crippen molar-refractivity contribution >= 4 is 15.9 Å². The van der Waals surface area contributed by atoms with Crippen molar-refractivity contribution in [2.45, 2.75) is 18.7 Å². The van der Waals surface area contributed by atoms with Gasteiger partial charge in [-0.2, -0.15) is 0 Å². The number of hydrogen-bond donors (Lipinski definition) is 0. The second-order valence-electron chi connectivity index (χ2n) is 6.47. The van der Waals surface area contributed by atoms with E-state index in [1.54, 1.807) is 12.0 Å². The van der Waals surface area contributed by atoms with E-state index in [0.717, 1.165) is 5.56 Å². The van der Waals surface area contributed by atoms with Gasteiger partial charge in [0.25, 0.3) is 0 Å². The molecular formula is C17H24N2O5S. The number of sulfone groups is 1. The van der Waals surface area contributed by atoms with Crippen LogP contribution in [0.4, 0.5) is 4.79 Å². The molecule has 0 N–H and O–H groups in total. The van der Waals surface area contributed by atoms with Gasteiger partial charge in [-0.25, -0.2) is 13.2 Å². The molecule has 7 nitrogen and oxygen atoms in total. The number of rotatable bonds is 5. The molecule has 0 aliphatic carbocycles. The quantitative estimate of drug-likeness (QED) is 0.764. The molecule has 2 heterocycles.